The molecule has 1 unspecified atom stereocenters. The molecule has 26 heavy (non-hydrogen) atoms. The molecule has 0 spiro atoms. The largest absolute Gasteiger partial charge is 0.491 e. The fourth-order valence-corrected chi connectivity index (χ4v) is 3.12. The van der Waals surface area contributed by atoms with Crippen molar-refractivity contribution in [2.24, 2.45) is 4.99 Å². The number of nitrogens with zero attached hydrogens (tertiary/aromatic N) is 2. The van der Waals surface area contributed by atoms with Crippen molar-refractivity contribution < 1.29 is 9.47 Å². The van der Waals surface area contributed by atoms with Gasteiger partial charge in [-0.15, -0.1) is 0 Å². The molecule has 0 bridgehead atoms. The quantitative estimate of drug-likeness (QED) is 0.401. The number of hydrogen-bond donors (Lipinski definition) is 2. The van der Waals surface area contributed by atoms with Gasteiger partial charge in [-0.25, -0.2) is 4.99 Å². The van der Waals surface area contributed by atoms with Gasteiger partial charge in [-0.05, 0) is 51.9 Å². The van der Waals surface area contributed by atoms with Crippen LogP contribution < -0.4 is 15.4 Å². The molecule has 0 radical (unpaired) electrons. The summed E-state index contributed by atoms with van der Waals surface area (Å²) >= 11 is 0. The first kappa shape index (κ1) is 20.5. The van der Waals surface area contributed by atoms with Gasteiger partial charge in [-0.1, -0.05) is 12.1 Å². The molecule has 0 amide bonds. The van der Waals surface area contributed by atoms with E-state index in [1.807, 2.05) is 0 Å². The van der Waals surface area contributed by atoms with Crippen molar-refractivity contribution in [3.63, 3.8) is 0 Å². The van der Waals surface area contributed by atoms with Gasteiger partial charge >= 0.3 is 0 Å². The van der Waals surface area contributed by atoms with E-state index < -0.39 is 0 Å². The zero-order chi connectivity index (χ0) is 18.8. The van der Waals surface area contributed by atoms with Crippen molar-refractivity contribution in [3.8, 4) is 5.75 Å². The first-order valence-corrected chi connectivity index (χ1v) is 9.57. The predicted octanol–water partition coefficient (Wildman–Crippen LogP) is 2.17. The zero-order valence-corrected chi connectivity index (χ0v) is 16.7. The van der Waals surface area contributed by atoms with Gasteiger partial charge in [0, 0.05) is 31.8 Å². The van der Waals surface area contributed by atoms with E-state index in [2.05, 4.69) is 54.6 Å². The highest BCUT2D eigenvalue weighted by Gasteiger charge is 2.20. The van der Waals surface area contributed by atoms with Crippen molar-refractivity contribution >= 4 is 5.96 Å². The highest BCUT2D eigenvalue weighted by atomic mass is 16.5. The molecule has 0 aromatic heterocycles. The summed E-state index contributed by atoms with van der Waals surface area (Å²) in [5.41, 5.74) is 2.27. The second-order valence-electron chi connectivity index (χ2n) is 6.81. The van der Waals surface area contributed by atoms with Crippen molar-refractivity contribution in [1.29, 1.82) is 0 Å². The van der Waals surface area contributed by atoms with Gasteiger partial charge in [0.2, 0.25) is 0 Å². The van der Waals surface area contributed by atoms with Crippen molar-refractivity contribution in [1.82, 2.24) is 15.5 Å². The van der Waals surface area contributed by atoms with E-state index in [-0.39, 0.29) is 0 Å². The van der Waals surface area contributed by atoms with Crippen LogP contribution in [0.1, 0.15) is 30.9 Å². The van der Waals surface area contributed by atoms with Crippen LogP contribution >= 0.6 is 0 Å². The Labute approximate surface area is 158 Å². The zero-order valence-electron chi connectivity index (χ0n) is 16.7. The number of nitrogens with one attached hydrogen (secondary N) is 2. The molecule has 1 aliphatic rings. The minimum absolute atomic E-state index is 0.545. The Morgan fingerprint density at radius 3 is 2.85 bits per heavy atom. The number of rotatable bonds is 9. The maximum atomic E-state index is 5.86. The summed E-state index contributed by atoms with van der Waals surface area (Å²) < 4.78 is 10.9. The number of benzene rings is 1. The summed E-state index contributed by atoms with van der Waals surface area (Å²) in [5.74, 6) is 1.74. The molecule has 1 aromatic carbocycles. The van der Waals surface area contributed by atoms with E-state index >= 15 is 0 Å². The molecular weight excluding hydrogens is 328 g/mol. The molecule has 1 aromatic rings. The van der Waals surface area contributed by atoms with Crippen molar-refractivity contribution in [2.75, 3.05) is 47.0 Å². The lowest BCUT2D eigenvalue weighted by atomic mass is 10.1. The van der Waals surface area contributed by atoms with Gasteiger partial charge in [0.1, 0.15) is 12.4 Å². The third-order valence-electron chi connectivity index (χ3n) is 4.70. The van der Waals surface area contributed by atoms with Gasteiger partial charge in [-0.2, -0.15) is 0 Å². The normalized spacial score (nSPS) is 18.2. The van der Waals surface area contributed by atoms with Crippen LogP contribution in [0.3, 0.4) is 0 Å². The Kier molecular flexibility index (Phi) is 8.71. The Balaban J connectivity index is 1.98. The first-order valence-electron chi connectivity index (χ1n) is 9.57. The summed E-state index contributed by atoms with van der Waals surface area (Å²) in [4.78, 5) is 7.17. The van der Waals surface area contributed by atoms with E-state index in [4.69, 9.17) is 14.5 Å². The molecule has 6 heteroatoms. The van der Waals surface area contributed by atoms with Crippen LogP contribution in [0.2, 0.25) is 0 Å². The molecule has 6 nitrogen and oxygen atoms in total. The smallest absolute Gasteiger partial charge is 0.191 e. The molecule has 0 saturated carbocycles. The number of ether oxygens (including phenoxy) is 2. The Bertz CT molecular complexity index is 577. The Morgan fingerprint density at radius 2 is 2.15 bits per heavy atom. The average Bonchev–Trinajstić information content (AvgIpc) is 3.04. The minimum Gasteiger partial charge on any atom is -0.491 e. The van der Waals surface area contributed by atoms with E-state index in [1.54, 1.807) is 7.11 Å². The summed E-state index contributed by atoms with van der Waals surface area (Å²) in [7, 11) is 3.88. The topological polar surface area (TPSA) is 58.1 Å². The average molecular weight is 363 g/mol. The highest BCUT2D eigenvalue weighted by Crippen LogP contribution is 2.21. The minimum atomic E-state index is 0.545. The number of aliphatic imine (C=N–C) groups is 1. The standard InChI is InChI=1S/C20H34N4O2/c1-5-21-20(23-15-18-7-6-10-24(18)3)22-14-17-9-8-16(2)13-19(17)26-12-11-25-4/h8-9,13,18H,5-7,10-12,14-15H2,1-4H3,(H2,21,22,23). The monoisotopic (exact) mass is 362 g/mol. The van der Waals surface area contributed by atoms with Crippen LogP contribution in [0.25, 0.3) is 0 Å². The predicted molar refractivity (Wildman–Crippen MR) is 107 cm³/mol. The third kappa shape index (κ3) is 6.50. The van der Waals surface area contributed by atoms with Gasteiger partial charge in [0.25, 0.3) is 0 Å². The van der Waals surface area contributed by atoms with Gasteiger partial charge in [0.15, 0.2) is 5.96 Å². The number of guanidine groups is 1. The maximum absolute atomic E-state index is 5.86. The molecule has 1 saturated heterocycles. The molecule has 1 aliphatic heterocycles. The maximum Gasteiger partial charge on any atom is 0.191 e. The number of likely N-dealkylation sites (tertiary alicyclic amines) is 1. The summed E-state index contributed by atoms with van der Waals surface area (Å²) in [6.45, 7) is 8.82. The number of likely N-dealkylation sites (N-methyl/N-ethyl adjacent to an activating group) is 1. The van der Waals surface area contributed by atoms with Crippen LogP contribution in [0.5, 0.6) is 5.75 Å². The third-order valence-corrected chi connectivity index (χ3v) is 4.70. The second kappa shape index (κ2) is 11.0. The lowest BCUT2D eigenvalue weighted by molar-refractivity contribution is 0.145. The number of hydrogen-bond acceptors (Lipinski definition) is 4. The molecule has 1 heterocycles. The summed E-state index contributed by atoms with van der Waals surface area (Å²) in [5, 5.41) is 6.82. The fraction of sp³-hybridized carbons (Fsp3) is 0.650. The molecule has 2 rings (SSSR count). The SMILES string of the molecule is CCNC(=NCc1ccc(C)cc1OCCOC)NCC1CCCN1C. The Hall–Kier alpha value is -1.79. The van der Waals surface area contributed by atoms with Crippen LogP contribution in [0.4, 0.5) is 0 Å². The first-order chi connectivity index (χ1) is 12.6. The van der Waals surface area contributed by atoms with E-state index in [0.717, 1.165) is 30.4 Å². The second-order valence-corrected chi connectivity index (χ2v) is 6.81. The van der Waals surface area contributed by atoms with Crippen LogP contribution in [-0.2, 0) is 11.3 Å². The Morgan fingerprint density at radius 1 is 1.31 bits per heavy atom. The van der Waals surface area contributed by atoms with Crippen molar-refractivity contribution in [3.05, 3.63) is 29.3 Å². The summed E-state index contributed by atoms with van der Waals surface area (Å²) in [6, 6.07) is 6.84. The van der Waals surface area contributed by atoms with E-state index in [0.29, 0.717) is 25.8 Å². The summed E-state index contributed by atoms with van der Waals surface area (Å²) in [6.07, 6.45) is 2.53. The van der Waals surface area contributed by atoms with E-state index in [1.165, 1.54) is 24.9 Å². The molecule has 1 atom stereocenters. The lowest BCUT2D eigenvalue weighted by Crippen LogP contribution is -2.44. The molecule has 1 fully saturated rings. The number of aryl methyl sites for hydroxylation is 1. The fourth-order valence-electron chi connectivity index (χ4n) is 3.12. The van der Waals surface area contributed by atoms with Gasteiger partial charge in [0.05, 0.1) is 13.2 Å². The molecule has 0 aliphatic carbocycles. The highest BCUT2D eigenvalue weighted by molar-refractivity contribution is 5.79. The van der Waals surface area contributed by atoms with Crippen LogP contribution in [0, 0.1) is 6.92 Å². The van der Waals surface area contributed by atoms with Crippen LogP contribution in [-0.4, -0.2) is 63.9 Å². The van der Waals surface area contributed by atoms with E-state index in [9.17, 15) is 0 Å². The molecule has 146 valence electrons. The van der Waals surface area contributed by atoms with Crippen molar-refractivity contribution in [2.45, 2.75) is 39.3 Å². The van der Waals surface area contributed by atoms with Crippen LogP contribution in [0.15, 0.2) is 23.2 Å². The number of methoxy groups -OCH3 is 1. The van der Waals surface area contributed by atoms with Gasteiger partial charge in [-0.3, -0.25) is 0 Å². The van der Waals surface area contributed by atoms with Gasteiger partial charge < -0.3 is 25.0 Å². The molecule has 2 N–H and O–H groups in total. The lowest BCUT2D eigenvalue weighted by Gasteiger charge is -2.21. The molecular formula is C20H34N4O2.